The zero-order chi connectivity index (χ0) is 16.8. The number of benzene rings is 1. The molecule has 24 heavy (non-hydrogen) atoms. The summed E-state index contributed by atoms with van der Waals surface area (Å²) in [4.78, 5) is 6.91. The Kier molecular flexibility index (Phi) is 5.97. The van der Waals surface area contributed by atoms with Crippen LogP contribution in [-0.2, 0) is 6.54 Å². The molecule has 0 saturated carbocycles. The van der Waals surface area contributed by atoms with Gasteiger partial charge in [-0.2, -0.15) is 5.26 Å². The Morgan fingerprint density at radius 1 is 1.33 bits per heavy atom. The Morgan fingerprint density at radius 2 is 2.08 bits per heavy atom. The second kappa shape index (κ2) is 8.39. The molecule has 0 aliphatic carbocycles. The van der Waals surface area contributed by atoms with Crippen molar-refractivity contribution in [2.75, 3.05) is 19.6 Å². The van der Waals surface area contributed by atoms with Crippen LogP contribution in [0.3, 0.4) is 0 Å². The Labute approximate surface area is 148 Å². The van der Waals surface area contributed by atoms with Crippen LogP contribution in [0.2, 0.25) is 0 Å². The van der Waals surface area contributed by atoms with Gasteiger partial charge in [-0.3, -0.25) is 4.90 Å². The molecule has 0 spiro atoms. The molecule has 1 aromatic carbocycles. The minimum absolute atomic E-state index is 0.488. The molecule has 0 radical (unpaired) electrons. The molecule has 0 amide bonds. The van der Waals surface area contributed by atoms with Crippen molar-refractivity contribution in [3.63, 3.8) is 0 Å². The van der Waals surface area contributed by atoms with Gasteiger partial charge in [0, 0.05) is 36.6 Å². The normalized spacial score (nSPS) is 17.5. The molecule has 4 nitrogen and oxygen atoms in total. The van der Waals surface area contributed by atoms with Crippen molar-refractivity contribution in [3.05, 3.63) is 52.0 Å². The number of hydrogen-bond donors (Lipinski definition) is 1. The van der Waals surface area contributed by atoms with E-state index in [0.717, 1.165) is 31.7 Å². The summed E-state index contributed by atoms with van der Waals surface area (Å²) < 4.78 is 0. The lowest BCUT2D eigenvalue weighted by Crippen LogP contribution is -2.43. The molecule has 1 fully saturated rings. The number of rotatable bonds is 6. The van der Waals surface area contributed by atoms with Crippen LogP contribution in [0.4, 0.5) is 0 Å². The maximum absolute atomic E-state index is 8.86. The zero-order valence-electron chi connectivity index (χ0n) is 14.1. The maximum Gasteiger partial charge on any atom is 0.0991 e. The quantitative estimate of drug-likeness (QED) is 0.876. The Bertz CT molecular complexity index is 652. The highest BCUT2D eigenvalue weighted by Crippen LogP contribution is 2.18. The maximum atomic E-state index is 8.86. The van der Waals surface area contributed by atoms with Crippen LogP contribution in [0.1, 0.15) is 41.8 Å². The van der Waals surface area contributed by atoms with E-state index in [0.29, 0.717) is 12.0 Å². The summed E-state index contributed by atoms with van der Waals surface area (Å²) in [5, 5.41) is 15.8. The second-order valence-electron chi connectivity index (χ2n) is 6.54. The fraction of sp³-hybridized carbons (Fsp3) is 0.474. The highest BCUT2D eigenvalue weighted by atomic mass is 32.1. The average Bonchev–Trinajstić information content (AvgIpc) is 3.16. The highest BCUT2D eigenvalue weighted by Gasteiger charge is 2.20. The Morgan fingerprint density at radius 3 is 2.71 bits per heavy atom. The van der Waals surface area contributed by atoms with E-state index in [1.807, 2.05) is 23.7 Å². The van der Waals surface area contributed by atoms with E-state index in [1.165, 1.54) is 23.4 Å². The molecule has 2 aromatic rings. The zero-order valence-corrected chi connectivity index (χ0v) is 14.9. The van der Waals surface area contributed by atoms with Crippen molar-refractivity contribution in [1.82, 2.24) is 15.2 Å². The molecule has 1 atom stereocenters. The number of hydrogen-bond acceptors (Lipinski definition) is 5. The van der Waals surface area contributed by atoms with Gasteiger partial charge in [0.2, 0.25) is 0 Å². The van der Waals surface area contributed by atoms with Crippen molar-refractivity contribution in [2.45, 2.75) is 38.3 Å². The predicted octanol–water partition coefficient (Wildman–Crippen LogP) is 3.37. The van der Waals surface area contributed by atoms with Crippen LogP contribution >= 0.6 is 11.3 Å². The van der Waals surface area contributed by atoms with E-state index in [9.17, 15) is 0 Å². The van der Waals surface area contributed by atoms with Gasteiger partial charge in [-0.05, 0) is 43.6 Å². The number of piperidine rings is 1. The summed E-state index contributed by atoms with van der Waals surface area (Å²) in [7, 11) is 0. The lowest BCUT2D eigenvalue weighted by molar-refractivity contribution is 0.190. The second-order valence-corrected chi connectivity index (χ2v) is 7.46. The molecule has 0 unspecified atom stereocenters. The van der Waals surface area contributed by atoms with Crippen molar-refractivity contribution >= 4 is 11.3 Å². The fourth-order valence-corrected chi connectivity index (χ4v) is 3.85. The summed E-state index contributed by atoms with van der Waals surface area (Å²) in [5.74, 6) is 0.488. The van der Waals surface area contributed by atoms with Gasteiger partial charge in [-0.1, -0.05) is 19.1 Å². The molecule has 0 bridgehead atoms. The Hall–Kier alpha value is -1.74. The van der Waals surface area contributed by atoms with Gasteiger partial charge in [-0.25, -0.2) is 4.98 Å². The molecular weight excluding hydrogens is 316 g/mol. The first-order valence-electron chi connectivity index (χ1n) is 8.59. The lowest BCUT2D eigenvalue weighted by atomic mass is 10.0. The van der Waals surface area contributed by atoms with Crippen LogP contribution in [0, 0.1) is 11.3 Å². The van der Waals surface area contributed by atoms with Gasteiger partial charge in [-0.15, -0.1) is 11.3 Å². The Balaban J connectivity index is 1.40. The lowest BCUT2D eigenvalue weighted by Gasteiger charge is -2.33. The third kappa shape index (κ3) is 4.64. The summed E-state index contributed by atoms with van der Waals surface area (Å²) >= 11 is 1.74. The van der Waals surface area contributed by atoms with E-state index < -0.39 is 0 Å². The molecule has 1 N–H and O–H groups in total. The van der Waals surface area contributed by atoms with Crippen LogP contribution in [-0.4, -0.2) is 35.6 Å². The van der Waals surface area contributed by atoms with Gasteiger partial charge in [0.15, 0.2) is 0 Å². The summed E-state index contributed by atoms with van der Waals surface area (Å²) in [6, 6.07) is 10.7. The van der Waals surface area contributed by atoms with E-state index >= 15 is 0 Å². The molecule has 1 aromatic heterocycles. The SMILES string of the molecule is C[C@@H](CNC1CCN(Cc2ccc(C#N)cc2)CC1)c1nccs1. The van der Waals surface area contributed by atoms with Crippen molar-refractivity contribution < 1.29 is 0 Å². The minimum atomic E-state index is 0.488. The first kappa shape index (κ1) is 17.1. The molecule has 2 heterocycles. The smallest absolute Gasteiger partial charge is 0.0991 e. The molecule has 1 saturated heterocycles. The van der Waals surface area contributed by atoms with Crippen LogP contribution < -0.4 is 5.32 Å². The van der Waals surface area contributed by atoms with Crippen LogP contribution in [0.5, 0.6) is 0 Å². The monoisotopic (exact) mass is 340 g/mol. The average molecular weight is 340 g/mol. The van der Waals surface area contributed by atoms with E-state index in [4.69, 9.17) is 5.26 Å². The number of nitrogens with zero attached hydrogens (tertiary/aromatic N) is 3. The van der Waals surface area contributed by atoms with Gasteiger partial charge >= 0.3 is 0 Å². The van der Waals surface area contributed by atoms with Crippen molar-refractivity contribution in [1.29, 1.82) is 5.26 Å². The summed E-state index contributed by atoms with van der Waals surface area (Å²) in [6.45, 7) is 6.49. The first-order chi connectivity index (χ1) is 11.7. The number of thiazole rings is 1. The fourth-order valence-electron chi connectivity index (χ4n) is 3.15. The van der Waals surface area contributed by atoms with Crippen molar-refractivity contribution in [3.8, 4) is 6.07 Å². The molecule has 3 rings (SSSR count). The van der Waals surface area contributed by atoms with E-state index in [2.05, 4.69) is 40.3 Å². The molecule has 1 aliphatic heterocycles. The molecule has 1 aliphatic rings. The van der Waals surface area contributed by atoms with Gasteiger partial charge in [0.1, 0.15) is 0 Å². The van der Waals surface area contributed by atoms with Gasteiger partial charge in [0.05, 0.1) is 16.6 Å². The third-order valence-corrected chi connectivity index (χ3v) is 5.67. The third-order valence-electron chi connectivity index (χ3n) is 4.66. The standard InChI is InChI=1S/C19H24N4S/c1-15(19-21-8-11-24-19)13-22-18-6-9-23(10-7-18)14-17-4-2-16(12-20)3-5-17/h2-5,8,11,15,18,22H,6-7,9-10,13-14H2,1H3/t15-/m0/s1. The summed E-state index contributed by atoms with van der Waals surface area (Å²) in [5.41, 5.74) is 2.02. The number of aromatic nitrogens is 1. The molecule has 5 heteroatoms. The molecular formula is C19H24N4S. The predicted molar refractivity (Wildman–Crippen MR) is 98.0 cm³/mol. The number of nitrogens with one attached hydrogen (secondary N) is 1. The largest absolute Gasteiger partial charge is 0.313 e. The van der Waals surface area contributed by atoms with Crippen LogP contribution in [0.25, 0.3) is 0 Å². The number of likely N-dealkylation sites (tertiary alicyclic amines) is 1. The van der Waals surface area contributed by atoms with Crippen molar-refractivity contribution in [2.24, 2.45) is 0 Å². The first-order valence-corrected chi connectivity index (χ1v) is 9.46. The molecule has 126 valence electrons. The van der Waals surface area contributed by atoms with E-state index in [-0.39, 0.29) is 0 Å². The van der Waals surface area contributed by atoms with Gasteiger partial charge < -0.3 is 5.32 Å². The number of nitriles is 1. The highest BCUT2D eigenvalue weighted by molar-refractivity contribution is 7.09. The minimum Gasteiger partial charge on any atom is -0.313 e. The van der Waals surface area contributed by atoms with E-state index in [1.54, 1.807) is 11.3 Å². The van der Waals surface area contributed by atoms with Gasteiger partial charge in [0.25, 0.3) is 0 Å². The summed E-state index contributed by atoms with van der Waals surface area (Å²) in [6.07, 6.45) is 4.28. The topological polar surface area (TPSA) is 52.0 Å². The van der Waals surface area contributed by atoms with Crippen LogP contribution in [0.15, 0.2) is 35.8 Å².